The van der Waals surface area contributed by atoms with Crippen molar-refractivity contribution in [2.75, 3.05) is 26.3 Å². The summed E-state index contributed by atoms with van der Waals surface area (Å²) in [5.74, 6) is 0. The molecule has 98 valence electrons. The van der Waals surface area contributed by atoms with Crippen LogP contribution in [0.15, 0.2) is 30.3 Å². The number of hydrogen-bond acceptors (Lipinski definition) is 3. The normalized spacial score (nSPS) is 24.6. The van der Waals surface area contributed by atoms with E-state index in [9.17, 15) is 9.90 Å². The lowest BCUT2D eigenvalue weighted by Crippen LogP contribution is -2.47. The van der Waals surface area contributed by atoms with Crippen molar-refractivity contribution >= 4 is 6.09 Å². The number of aliphatic hydroxyl groups is 1. The summed E-state index contributed by atoms with van der Waals surface area (Å²) in [7, 11) is 0. The first-order valence-electron chi connectivity index (χ1n) is 5.91. The lowest BCUT2D eigenvalue weighted by atomic mass is 9.95. The predicted molar refractivity (Wildman–Crippen MR) is 65.5 cm³/mol. The molecule has 0 bridgehead atoms. The molecule has 1 fully saturated rings. The van der Waals surface area contributed by atoms with Crippen LogP contribution in [-0.2, 0) is 11.2 Å². The number of ether oxygens (including phenoxy) is 1. The molecule has 2 N–H and O–H groups in total. The Bertz CT molecular complexity index is 409. The van der Waals surface area contributed by atoms with Crippen molar-refractivity contribution in [3.63, 3.8) is 0 Å². The zero-order chi connectivity index (χ0) is 13.0. The van der Waals surface area contributed by atoms with E-state index >= 15 is 0 Å². The Hall–Kier alpha value is -1.59. The quantitative estimate of drug-likeness (QED) is 0.821. The molecule has 0 radical (unpaired) electrons. The summed E-state index contributed by atoms with van der Waals surface area (Å²) >= 11 is 0. The Kier molecular flexibility index (Phi) is 3.84. The number of carbonyl (C=O) groups is 1. The first-order valence-corrected chi connectivity index (χ1v) is 5.91. The lowest BCUT2D eigenvalue weighted by molar-refractivity contribution is -0.0345. The molecule has 1 saturated heterocycles. The first kappa shape index (κ1) is 12.9. The van der Waals surface area contributed by atoms with Crippen LogP contribution in [-0.4, -0.2) is 53.1 Å². The number of hydrogen-bond donors (Lipinski definition) is 2. The Morgan fingerprint density at radius 3 is 2.78 bits per heavy atom. The van der Waals surface area contributed by atoms with Gasteiger partial charge in [0.15, 0.2) is 0 Å². The minimum atomic E-state index is -1.16. The molecule has 1 heterocycles. The average Bonchev–Trinajstić information content (AvgIpc) is 2.52. The Morgan fingerprint density at radius 2 is 2.11 bits per heavy atom. The number of β-amino-alcohol motifs (C(OH)–C–C–N with tert-alkyl or cyclic N) is 1. The van der Waals surface area contributed by atoms with Crippen molar-refractivity contribution in [1.82, 2.24) is 4.90 Å². The fourth-order valence-electron chi connectivity index (χ4n) is 2.16. The zero-order valence-corrected chi connectivity index (χ0v) is 10.1. The van der Waals surface area contributed by atoms with Crippen LogP contribution < -0.4 is 0 Å². The van der Waals surface area contributed by atoms with E-state index in [2.05, 4.69) is 0 Å². The van der Waals surface area contributed by atoms with Crippen LogP contribution in [0.4, 0.5) is 4.79 Å². The number of nitrogens with zero attached hydrogens (tertiary/aromatic N) is 1. The molecule has 1 aliphatic heterocycles. The molecule has 2 rings (SSSR count). The van der Waals surface area contributed by atoms with E-state index in [4.69, 9.17) is 9.84 Å². The first-order chi connectivity index (χ1) is 8.59. The molecule has 0 aliphatic carbocycles. The Balaban J connectivity index is 2.10. The number of amides is 1. The molecule has 1 atom stereocenters. The van der Waals surface area contributed by atoms with Gasteiger partial charge in [0, 0.05) is 13.0 Å². The molecule has 5 heteroatoms. The monoisotopic (exact) mass is 251 g/mol. The third kappa shape index (κ3) is 3.21. The molecule has 1 aliphatic rings. The number of rotatable bonds is 2. The summed E-state index contributed by atoms with van der Waals surface area (Å²) in [6, 6.07) is 9.51. The lowest BCUT2D eigenvalue weighted by Gasteiger charge is -2.29. The number of benzene rings is 1. The fourth-order valence-corrected chi connectivity index (χ4v) is 2.16. The van der Waals surface area contributed by atoms with Gasteiger partial charge in [0.1, 0.15) is 5.60 Å². The maximum Gasteiger partial charge on any atom is 0.407 e. The summed E-state index contributed by atoms with van der Waals surface area (Å²) in [5, 5.41) is 19.5. The van der Waals surface area contributed by atoms with Gasteiger partial charge >= 0.3 is 6.09 Å². The standard InChI is InChI=1S/C13H17NO4/c15-12(16)14-6-7-18-10-13(17,9-14)8-11-4-2-1-3-5-11/h1-5,17H,6-10H2,(H,15,16). The van der Waals surface area contributed by atoms with Gasteiger partial charge < -0.3 is 19.8 Å². The van der Waals surface area contributed by atoms with Crippen LogP contribution in [0.1, 0.15) is 5.56 Å². The van der Waals surface area contributed by atoms with Crippen molar-refractivity contribution in [1.29, 1.82) is 0 Å². The highest BCUT2D eigenvalue weighted by atomic mass is 16.5. The largest absolute Gasteiger partial charge is 0.465 e. The Morgan fingerprint density at radius 1 is 1.39 bits per heavy atom. The highest BCUT2D eigenvalue weighted by molar-refractivity contribution is 5.65. The van der Waals surface area contributed by atoms with E-state index in [1.165, 1.54) is 4.90 Å². The Labute approximate surface area is 106 Å². The van der Waals surface area contributed by atoms with Crippen molar-refractivity contribution in [2.45, 2.75) is 12.0 Å². The highest BCUT2D eigenvalue weighted by Crippen LogP contribution is 2.18. The molecular formula is C13H17NO4. The molecule has 0 aromatic heterocycles. The van der Waals surface area contributed by atoms with E-state index in [1.807, 2.05) is 30.3 Å². The highest BCUT2D eigenvalue weighted by Gasteiger charge is 2.34. The van der Waals surface area contributed by atoms with Gasteiger partial charge in [-0.3, -0.25) is 0 Å². The van der Waals surface area contributed by atoms with Crippen LogP contribution in [0.5, 0.6) is 0 Å². The third-order valence-electron chi connectivity index (χ3n) is 3.01. The second kappa shape index (κ2) is 5.37. The van der Waals surface area contributed by atoms with E-state index in [0.29, 0.717) is 19.6 Å². The second-order valence-corrected chi connectivity index (χ2v) is 4.64. The van der Waals surface area contributed by atoms with Gasteiger partial charge in [-0.2, -0.15) is 0 Å². The number of carboxylic acid groups (broad SMARTS) is 1. The second-order valence-electron chi connectivity index (χ2n) is 4.64. The van der Waals surface area contributed by atoms with E-state index in [0.717, 1.165) is 5.56 Å². The average molecular weight is 251 g/mol. The molecule has 5 nitrogen and oxygen atoms in total. The van der Waals surface area contributed by atoms with E-state index in [1.54, 1.807) is 0 Å². The smallest absolute Gasteiger partial charge is 0.407 e. The van der Waals surface area contributed by atoms with Crippen LogP contribution in [0.25, 0.3) is 0 Å². The minimum Gasteiger partial charge on any atom is -0.465 e. The minimum absolute atomic E-state index is 0.0806. The summed E-state index contributed by atoms with van der Waals surface area (Å²) in [4.78, 5) is 12.2. The molecule has 0 saturated carbocycles. The molecule has 1 unspecified atom stereocenters. The van der Waals surface area contributed by atoms with Crippen molar-refractivity contribution < 1.29 is 19.7 Å². The van der Waals surface area contributed by atoms with Gasteiger partial charge in [-0.1, -0.05) is 30.3 Å². The summed E-state index contributed by atoms with van der Waals surface area (Å²) in [6.07, 6.45) is -0.635. The van der Waals surface area contributed by atoms with Crippen LogP contribution in [0.2, 0.25) is 0 Å². The maximum absolute atomic E-state index is 11.0. The van der Waals surface area contributed by atoms with E-state index in [-0.39, 0.29) is 13.2 Å². The topological polar surface area (TPSA) is 70.0 Å². The molecule has 1 amide bonds. The van der Waals surface area contributed by atoms with Gasteiger partial charge in [0.25, 0.3) is 0 Å². The summed E-state index contributed by atoms with van der Waals surface area (Å²) in [5.41, 5.74) is -0.188. The summed E-state index contributed by atoms with van der Waals surface area (Å²) in [6.45, 7) is 0.860. The van der Waals surface area contributed by atoms with Gasteiger partial charge in [0.05, 0.1) is 19.8 Å². The predicted octanol–water partition coefficient (Wildman–Crippen LogP) is 0.970. The van der Waals surface area contributed by atoms with Gasteiger partial charge in [-0.05, 0) is 5.56 Å². The van der Waals surface area contributed by atoms with E-state index < -0.39 is 11.7 Å². The zero-order valence-electron chi connectivity index (χ0n) is 10.1. The van der Waals surface area contributed by atoms with Gasteiger partial charge in [-0.15, -0.1) is 0 Å². The van der Waals surface area contributed by atoms with Crippen LogP contribution >= 0.6 is 0 Å². The third-order valence-corrected chi connectivity index (χ3v) is 3.01. The molecule has 18 heavy (non-hydrogen) atoms. The molecule has 0 spiro atoms. The van der Waals surface area contributed by atoms with Crippen LogP contribution in [0.3, 0.4) is 0 Å². The summed E-state index contributed by atoms with van der Waals surface area (Å²) < 4.78 is 5.31. The SMILES string of the molecule is O=C(O)N1CCOCC(O)(Cc2ccccc2)C1. The molecule has 1 aromatic rings. The van der Waals surface area contributed by atoms with Gasteiger partial charge in [-0.25, -0.2) is 4.79 Å². The molecular weight excluding hydrogens is 234 g/mol. The van der Waals surface area contributed by atoms with Crippen molar-refractivity contribution in [3.05, 3.63) is 35.9 Å². The van der Waals surface area contributed by atoms with Crippen molar-refractivity contribution in [3.8, 4) is 0 Å². The fraction of sp³-hybridized carbons (Fsp3) is 0.462. The van der Waals surface area contributed by atoms with Gasteiger partial charge in [0.2, 0.25) is 0 Å². The van der Waals surface area contributed by atoms with Crippen LogP contribution in [0, 0.1) is 0 Å². The maximum atomic E-state index is 11.0. The molecule has 1 aromatic carbocycles. The van der Waals surface area contributed by atoms with Crippen molar-refractivity contribution in [2.24, 2.45) is 0 Å².